The van der Waals surface area contributed by atoms with Crippen molar-refractivity contribution in [3.63, 3.8) is 0 Å². The summed E-state index contributed by atoms with van der Waals surface area (Å²) in [5.74, 6) is 0.869. The van der Waals surface area contributed by atoms with Crippen LogP contribution < -0.4 is 14.8 Å². The maximum Gasteiger partial charge on any atom is 0.255 e. The molecule has 0 fully saturated rings. The molecule has 0 bridgehead atoms. The number of rotatable bonds is 7. The molecule has 3 rings (SSSR count). The summed E-state index contributed by atoms with van der Waals surface area (Å²) in [6, 6.07) is 5.44. The minimum atomic E-state index is -0.287. The number of fused-ring (bicyclic) bond motifs is 1. The Balaban J connectivity index is 1.75. The Labute approximate surface area is 169 Å². The van der Waals surface area contributed by atoms with Gasteiger partial charge in [0.25, 0.3) is 11.8 Å². The second-order valence-electron chi connectivity index (χ2n) is 6.66. The van der Waals surface area contributed by atoms with Crippen molar-refractivity contribution in [3.8, 4) is 11.5 Å². The molecule has 0 spiro atoms. The molecule has 8 nitrogen and oxygen atoms in total. The Morgan fingerprint density at radius 3 is 2.41 bits per heavy atom. The number of carbonyl (C=O) groups excluding carboxylic acids is 2. The van der Waals surface area contributed by atoms with Gasteiger partial charge in [-0.3, -0.25) is 14.6 Å². The van der Waals surface area contributed by atoms with Crippen molar-refractivity contribution in [3.05, 3.63) is 52.8 Å². The maximum absolute atomic E-state index is 13.0. The molecule has 29 heavy (non-hydrogen) atoms. The Bertz CT molecular complexity index is 900. The molecule has 0 aliphatic carbocycles. The molecule has 0 saturated heterocycles. The molecule has 0 radical (unpaired) electrons. The second kappa shape index (κ2) is 9.38. The number of nitrogens with one attached hydrogen (secondary N) is 1. The summed E-state index contributed by atoms with van der Waals surface area (Å²) in [6.07, 6.45) is 3.64. The van der Waals surface area contributed by atoms with Crippen molar-refractivity contribution >= 4 is 11.8 Å². The Hall–Kier alpha value is -3.13. The van der Waals surface area contributed by atoms with Gasteiger partial charge in [0.2, 0.25) is 0 Å². The summed E-state index contributed by atoms with van der Waals surface area (Å²) in [6.45, 7) is 1.84. The van der Waals surface area contributed by atoms with E-state index < -0.39 is 0 Å². The van der Waals surface area contributed by atoms with Crippen LogP contribution >= 0.6 is 0 Å². The van der Waals surface area contributed by atoms with Gasteiger partial charge >= 0.3 is 0 Å². The molecule has 1 aromatic carbocycles. The topological polar surface area (TPSA) is 90.0 Å². The van der Waals surface area contributed by atoms with E-state index in [0.29, 0.717) is 55.3 Å². The highest BCUT2D eigenvalue weighted by Crippen LogP contribution is 2.33. The van der Waals surface area contributed by atoms with Gasteiger partial charge in [-0.05, 0) is 35.7 Å². The number of nitrogens with zero attached hydrogens (tertiary/aromatic N) is 2. The quantitative estimate of drug-likeness (QED) is 0.713. The molecule has 2 aromatic rings. The number of aromatic nitrogens is 1. The lowest BCUT2D eigenvalue weighted by molar-refractivity contribution is 0.0734. The van der Waals surface area contributed by atoms with Crippen LogP contribution in [-0.2, 0) is 17.7 Å². The molecule has 2 heterocycles. The van der Waals surface area contributed by atoms with Crippen LogP contribution in [0, 0.1) is 0 Å². The number of methoxy groups -OCH3 is 3. The molecule has 1 aliphatic rings. The van der Waals surface area contributed by atoms with E-state index in [-0.39, 0.29) is 11.8 Å². The van der Waals surface area contributed by atoms with Crippen molar-refractivity contribution in [2.24, 2.45) is 0 Å². The third kappa shape index (κ3) is 4.65. The fourth-order valence-corrected chi connectivity index (χ4v) is 3.29. The first-order valence-corrected chi connectivity index (χ1v) is 9.32. The van der Waals surface area contributed by atoms with E-state index in [2.05, 4.69) is 10.3 Å². The summed E-state index contributed by atoms with van der Waals surface area (Å²) >= 11 is 0. The maximum atomic E-state index is 13.0. The smallest absolute Gasteiger partial charge is 0.255 e. The van der Waals surface area contributed by atoms with Crippen molar-refractivity contribution in [2.45, 2.75) is 13.0 Å². The van der Waals surface area contributed by atoms with E-state index in [9.17, 15) is 9.59 Å². The van der Waals surface area contributed by atoms with Gasteiger partial charge in [0.1, 0.15) is 0 Å². The molecule has 2 amide bonds. The SMILES string of the molecule is COCCNC(=O)c1cncc(C(=O)N2CCc3cc(OC)c(OC)cc3C2)c1. The zero-order valence-electron chi connectivity index (χ0n) is 16.9. The summed E-state index contributed by atoms with van der Waals surface area (Å²) in [4.78, 5) is 31.0. The van der Waals surface area contributed by atoms with E-state index >= 15 is 0 Å². The number of hydrogen-bond donors (Lipinski definition) is 1. The number of benzene rings is 1. The van der Waals surface area contributed by atoms with E-state index in [4.69, 9.17) is 14.2 Å². The first-order valence-electron chi connectivity index (χ1n) is 9.32. The summed E-state index contributed by atoms with van der Waals surface area (Å²) in [7, 11) is 4.76. The zero-order valence-corrected chi connectivity index (χ0v) is 16.9. The summed E-state index contributed by atoms with van der Waals surface area (Å²) < 4.78 is 15.7. The van der Waals surface area contributed by atoms with Crippen LogP contribution in [0.3, 0.4) is 0 Å². The average Bonchev–Trinajstić information content (AvgIpc) is 2.77. The third-order valence-corrected chi connectivity index (χ3v) is 4.84. The number of ether oxygens (including phenoxy) is 3. The molecule has 8 heteroatoms. The van der Waals surface area contributed by atoms with Crippen LogP contribution in [-0.4, -0.2) is 62.7 Å². The highest BCUT2D eigenvalue weighted by molar-refractivity contribution is 5.99. The highest BCUT2D eigenvalue weighted by Gasteiger charge is 2.24. The Morgan fingerprint density at radius 1 is 1.03 bits per heavy atom. The number of amides is 2. The average molecular weight is 399 g/mol. The van der Waals surface area contributed by atoms with E-state index in [1.165, 1.54) is 12.4 Å². The first-order chi connectivity index (χ1) is 14.1. The summed E-state index contributed by atoms with van der Waals surface area (Å²) in [5.41, 5.74) is 2.88. The predicted octanol–water partition coefficient (Wildman–Crippen LogP) is 1.67. The van der Waals surface area contributed by atoms with E-state index in [1.807, 2.05) is 12.1 Å². The van der Waals surface area contributed by atoms with Gasteiger partial charge < -0.3 is 24.4 Å². The van der Waals surface area contributed by atoms with Gasteiger partial charge in [-0.1, -0.05) is 0 Å². The van der Waals surface area contributed by atoms with Crippen LogP contribution in [0.2, 0.25) is 0 Å². The lowest BCUT2D eigenvalue weighted by Crippen LogP contribution is -2.36. The lowest BCUT2D eigenvalue weighted by Gasteiger charge is -2.29. The van der Waals surface area contributed by atoms with Crippen LogP contribution in [0.4, 0.5) is 0 Å². The minimum absolute atomic E-state index is 0.163. The molecule has 0 unspecified atom stereocenters. The third-order valence-electron chi connectivity index (χ3n) is 4.84. The second-order valence-corrected chi connectivity index (χ2v) is 6.66. The molecule has 154 valence electrons. The normalized spacial score (nSPS) is 12.9. The number of carbonyl (C=O) groups is 2. The van der Waals surface area contributed by atoms with Gasteiger partial charge in [0.15, 0.2) is 11.5 Å². The van der Waals surface area contributed by atoms with Gasteiger partial charge in [-0.2, -0.15) is 0 Å². The highest BCUT2D eigenvalue weighted by atomic mass is 16.5. The monoisotopic (exact) mass is 399 g/mol. The zero-order chi connectivity index (χ0) is 20.8. The van der Waals surface area contributed by atoms with Crippen LogP contribution in [0.15, 0.2) is 30.6 Å². The van der Waals surface area contributed by atoms with Crippen LogP contribution in [0.25, 0.3) is 0 Å². The number of hydrogen-bond acceptors (Lipinski definition) is 6. The summed E-state index contributed by atoms with van der Waals surface area (Å²) in [5, 5.41) is 2.73. The van der Waals surface area contributed by atoms with Crippen molar-refractivity contribution < 1.29 is 23.8 Å². The van der Waals surface area contributed by atoms with Gasteiger partial charge in [0, 0.05) is 39.1 Å². The fourth-order valence-electron chi connectivity index (χ4n) is 3.29. The van der Waals surface area contributed by atoms with Crippen molar-refractivity contribution in [1.82, 2.24) is 15.2 Å². The van der Waals surface area contributed by atoms with Gasteiger partial charge in [0.05, 0.1) is 32.0 Å². The predicted molar refractivity (Wildman–Crippen MR) is 106 cm³/mol. The van der Waals surface area contributed by atoms with Gasteiger partial charge in [-0.15, -0.1) is 0 Å². The molecular formula is C21H25N3O5. The van der Waals surface area contributed by atoms with Crippen LogP contribution in [0.1, 0.15) is 31.8 Å². The first kappa shape index (κ1) is 20.6. The van der Waals surface area contributed by atoms with E-state index in [0.717, 1.165) is 11.1 Å². The molecule has 1 aliphatic heterocycles. The van der Waals surface area contributed by atoms with Crippen LogP contribution in [0.5, 0.6) is 11.5 Å². The molecule has 0 saturated carbocycles. The van der Waals surface area contributed by atoms with Crippen molar-refractivity contribution in [1.29, 1.82) is 0 Å². The molecule has 1 N–H and O–H groups in total. The largest absolute Gasteiger partial charge is 0.493 e. The standard InChI is InChI=1S/C21H25N3O5/c1-27-7-5-23-20(25)15-8-16(12-22-11-15)21(26)24-6-4-14-9-18(28-2)19(29-3)10-17(14)13-24/h8-12H,4-7,13H2,1-3H3,(H,23,25). The number of pyridine rings is 1. The molecule has 1 aromatic heterocycles. The van der Waals surface area contributed by atoms with Gasteiger partial charge in [-0.25, -0.2) is 0 Å². The lowest BCUT2D eigenvalue weighted by atomic mass is 9.98. The Morgan fingerprint density at radius 2 is 1.72 bits per heavy atom. The van der Waals surface area contributed by atoms with Crippen molar-refractivity contribution in [2.75, 3.05) is 41.0 Å². The van der Waals surface area contributed by atoms with E-state index in [1.54, 1.807) is 32.3 Å². The molecular weight excluding hydrogens is 374 g/mol. The Kier molecular flexibility index (Phi) is 6.66. The fraction of sp³-hybridized carbons (Fsp3) is 0.381. The minimum Gasteiger partial charge on any atom is -0.493 e. The molecule has 0 atom stereocenters.